The van der Waals surface area contributed by atoms with Crippen LogP contribution in [0.4, 0.5) is 0 Å². The number of primary amides is 1. The number of morpholine rings is 1. The third-order valence-electron chi connectivity index (χ3n) is 7.90. The van der Waals surface area contributed by atoms with Crippen molar-refractivity contribution in [3.8, 4) is 0 Å². The maximum atomic E-state index is 13.1. The number of nitrogens with two attached hydrogens (primary N) is 1. The lowest BCUT2D eigenvalue weighted by molar-refractivity contribution is -0.151. The fourth-order valence-electron chi connectivity index (χ4n) is 6.69. The standard InChI is InChI=1S/C23H30BrN3O3/c24-18-4-2-1-3-15(18)12-27-5-6-30-19(13-27)21(28)26-20-16-7-14-8-17(20)11-23(9-14,10-16)22(25)29/h1-4,14,16-17,19-20H,5-13H2,(H2,25,29)(H,26,28)/t14?,16?,17?,19-,20?,23?/m1/s1. The van der Waals surface area contributed by atoms with Crippen LogP contribution in [0.5, 0.6) is 0 Å². The summed E-state index contributed by atoms with van der Waals surface area (Å²) < 4.78 is 6.94. The Balaban J connectivity index is 1.22. The van der Waals surface area contributed by atoms with Gasteiger partial charge < -0.3 is 15.8 Å². The minimum absolute atomic E-state index is 0.00238. The van der Waals surface area contributed by atoms with Crippen molar-refractivity contribution < 1.29 is 14.3 Å². The minimum atomic E-state index is -0.441. The highest BCUT2D eigenvalue weighted by molar-refractivity contribution is 9.10. The van der Waals surface area contributed by atoms with Crippen molar-refractivity contribution >= 4 is 27.7 Å². The van der Waals surface area contributed by atoms with E-state index in [0.29, 0.717) is 30.9 Å². The molecular weight excluding hydrogens is 446 g/mol. The molecule has 0 spiro atoms. The maximum Gasteiger partial charge on any atom is 0.250 e. The predicted octanol–water partition coefficient (Wildman–Crippen LogP) is 2.45. The topological polar surface area (TPSA) is 84.7 Å². The zero-order valence-electron chi connectivity index (χ0n) is 17.2. The molecule has 6 nitrogen and oxygen atoms in total. The molecule has 1 heterocycles. The van der Waals surface area contributed by atoms with Gasteiger partial charge >= 0.3 is 0 Å². The van der Waals surface area contributed by atoms with Crippen LogP contribution in [0, 0.1) is 23.2 Å². The Bertz CT molecular complexity index is 831. The molecule has 5 aliphatic rings. The second kappa shape index (κ2) is 7.92. The van der Waals surface area contributed by atoms with Gasteiger partial charge in [0.2, 0.25) is 5.91 Å². The van der Waals surface area contributed by atoms with Crippen LogP contribution in [0.1, 0.15) is 37.7 Å². The number of hydrogen-bond donors (Lipinski definition) is 2. The van der Waals surface area contributed by atoms with Gasteiger partial charge in [-0.15, -0.1) is 0 Å². The molecule has 1 saturated heterocycles. The van der Waals surface area contributed by atoms with Gasteiger partial charge in [-0.1, -0.05) is 34.1 Å². The van der Waals surface area contributed by atoms with Crippen LogP contribution in [0.15, 0.2) is 28.7 Å². The molecule has 30 heavy (non-hydrogen) atoms. The van der Waals surface area contributed by atoms with E-state index in [1.807, 2.05) is 18.2 Å². The number of carbonyl (C=O) groups excluding carboxylic acids is 2. The van der Waals surface area contributed by atoms with Crippen molar-refractivity contribution in [2.45, 2.75) is 50.8 Å². The molecule has 4 aliphatic carbocycles. The lowest BCUT2D eigenvalue weighted by Gasteiger charge is -2.59. The third kappa shape index (κ3) is 3.69. The summed E-state index contributed by atoms with van der Waals surface area (Å²) in [6, 6.07) is 8.36. The number of rotatable bonds is 5. The Morgan fingerprint density at radius 2 is 1.93 bits per heavy atom. The minimum Gasteiger partial charge on any atom is -0.369 e. The van der Waals surface area contributed by atoms with Gasteiger partial charge in [0.15, 0.2) is 0 Å². The first-order valence-electron chi connectivity index (χ1n) is 11.1. The lowest BCUT2D eigenvalue weighted by atomic mass is 9.47. The Kier molecular flexibility index (Phi) is 5.40. The van der Waals surface area contributed by atoms with E-state index in [0.717, 1.165) is 49.7 Å². The average molecular weight is 476 g/mol. The zero-order valence-corrected chi connectivity index (χ0v) is 18.8. The van der Waals surface area contributed by atoms with Gasteiger partial charge in [0, 0.05) is 35.6 Å². The van der Waals surface area contributed by atoms with E-state index in [-0.39, 0.29) is 23.3 Å². The van der Waals surface area contributed by atoms with E-state index in [1.165, 1.54) is 5.56 Å². The van der Waals surface area contributed by atoms with Crippen LogP contribution in [0.25, 0.3) is 0 Å². The third-order valence-corrected chi connectivity index (χ3v) is 8.67. The quantitative estimate of drug-likeness (QED) is 0.684. The smallest absolute Gasteiger partial charge is 0.250 e. The van der Waals surface area contributed by atoms with E-state index >= 15 is 0 Å². The number of ether oxygens (including phenoxy) is 1. The first-order chi connectivity index (χ1) is 14.4. The normalized spacial score (nSPS) is 37.8. The van der Waals surface area contributed by atoms with Gasteiger partial charge in [0.05, 0.1) is 6.61 Å². The number of nitrogens with zero attached hydrogens (tertiary/aromatic N) is 1. The Morgan fingerprint density at radius 3 is 2.63 bits per heavy atom. The van der Waals surface area contributed by atoms with Crippen LogP contribution >= 0.6 is 15.9 Å². The number of benzene rings is 1. The van der Waals surface area contributed by atoms with Crippen molar-refractivity contribution in [2.75, 3.05) is 19.7 Å². The first-order valence-corrected chi connectivity index (χ1v) is 11.9. The van der Waals surface area contributed by atoms with Crippen LogP contribution in [0.2, 0.25) is 0 Å². The summed E-state index contributed by atoms with van der Waals surface area (Å²) in [5.41, 5.74) is 6.69. The van der Waals surface area contributed by atoms with Crippen molar-refractivity contribution in [3.05, 3.63) is 34.3 Å². The molecule has 4 bridgehead atoms. The monoisotopic (exact) mass is 475 g/mol. The van der Waals surface area contributed by atoms with Crippen LogP contribution in [-0.2, 0) is 20.9 Å². The molecule has 4 saturated carbocycles. The molecule has 3 N–H and O–H groups in total. The molecule has 0 radical (unpaired) electrons. The van der Waals surface area contributed by atoms with Gasteiger partial charge in [-0.25, -0.2) is 0 Å². The van der Waals surface area contributed by atoms with Gasteiger partial charge in [0.25, 0.3) is 5.91 Å². The first kappa shape index (κ1) is 20.5. The number of hydrogen-bond acceptors (Lipinski definition) is 4. The molecule has 2 unspecified atom stereocenters. The highest BCUT2D eigenvalue weighted by Crippen LogP contribution is 2.59. The number of amides is 2. The van der Waals surface area contributed by atoms with Crippen LogP contribution < -0.4 is 11.1 Å². The molecule has 0 aromatic heterocycles. The fraction of sp³-hybridized carbons (Fsp3) is 0.652. The second-order valence-electron chi connectivity index (χ2n) is 9.83. The Labute approximate surface area is 186 Å². The second-order valence-corrected chi connectivity index (χ2v) is 10.7. The van der Waals surface area contributed by atoms with Gasteiger partial charge in [-0.2, -0.15) is 0 Å². The Hall–Kier alpha value is -1.44. The highest BCUT2D eigenvalue weighted by Gasteiger charge is 2.58. The Morgan fingerprint density at radius 1 is 1.20 bits per heavy atom. The summed E-state index contributed by atoms with van der Waals surface area (Å²) in [5, 5.41) is 3.33. The molecule has 1 aromatic rings. The summed E-state index contributed by atoms with van der Waals surface area (Å²) in [7, 11) is 0. The van der Waals surface area contributed by atoms with Crippen molar-refractivity contribution in [2.24, 2.45) is 28.9 Å². The molecule has 1 aromatic carbocycles. The molecule has 6 rings (SSSR count). The largest absolute Gasteiger partial charge is 0.369 e. The van der Waals surface area contributed by atoms with Gasteiger partial charge in [-0.3, -0.25) is 14.5 Å². The van der Waals surface area contributed by atoms with Gasteiger partial charge in [0.1, 0.15) is 6.10 Å². The molecule has 1 aliphatic heterocycles. The molecular formula is C23H30BrN3O3. The zero-order chi connectivity index (χ0) is 20.9. The summed E-state index contributed by atoms with van der Waals surface area (Å²) in [4.78, 5) is 27.5. The van der Waals surface area contributed by atoms with E-state index < -0.39 is 6.10 Å². The van der Waals surface area contributed by atoms with E-state index in [4.69, 9.17) is 10.5 Å². The molecule has 2 amide bonds. The summed E-state index contributed by atoms with van der Waals surface area (Å²) in [6.07, 6.45) is 4.39. The highest BCUT2D eigenvalue weighted by atomic mass is 79.9. The summed E-state index contributed by atoms with van der Waals surface area (Å²) in [6.45, 7) is 2.78. The molecule has 5 fully saturated rings. The van der Waals surface area contributed by atoms with Crippen molar-refractivity contribution in [3.63, 3.8) is 0 Å². The summed E-state index contributed by atoms with van der Waals surface area (Å²) >= 11 is 3.61. The van der Waals surface area contributed by atoms with Crippen molar-refractivity contribution in [1.29, 1.82) is 0 Å². The molecule has 7 heteroatoms. The van der Waals surface area contributed by atoms with Crippen LogP contribution in [-0.4, -0.2) is 48.6 Å². The fourth-order valence-corrected chi connectivity index (χ4v) is 7.10. The van der Waals surface area contributed by atoms with E-state index in [2.05, 4.69) is 32.2 Å². The lowest BCUT2D eigenvalue weighted by Crippen LogP contribution is -2.63. The number of halogens is 1. The van der Waals surface area contributed by atoms with E-state index in [9.17, 15) is 9.59 Å². The SMILES string of the molecule is NC(=O)C12CC3CC(C1)C(NC(=O)[C@H]1CN(Cc4ccccc4Br)CCO1)C(C3)C2. The van der Waals surface area contributed by atoms with Crippen molar-refractivity contribution in [1.82, 2.24) is 10.2 Å². The molecule has 162 valence electrons. The molecule has 3 atom stereocenters. The average Bonchev–Trinajstić information content (AvgIpc) is 2.72. The number of carbonyl (C=O) groups is 2. The maximum absolute atomic E-state index is 13.1. The van der Waals surface area contributed by atoms with Crippen LogP contribution in [0.3, 0.4) is 0 Å². The predicted molar refractivity (Wildman–Crippen MR) is 116 cm³/mol. The summed E-state index contributed by atoms with van der Waals surface area (Å²) in [5.74, 6) is 1.19. The van der Waals surface area contributed by atoms with E-state index in [1.54, 1.807) is 0 Å². The van der Waals surface area contributed by atoms with Gasteiger partial charge in [-0.05, 0) is 61.5 Å². The number of nitrogens with one attached hydrogen (secondary N) is 1.